The van der Waals surface area contributed by atoms with Crippen LogP contribution in [0, 0.1) is 0 Å². The summed E-state index contributed by atoms with van der Waals surface area (Å²) in [4.78, 5) is 29.7. The highest BCUT2D eigenvalue weighted by atomic mass is 16.5. The summed E-state index contributed by atoms with van der Waals surface area (Å²) in [5, 5.41) is 13.8. The largest absolute Gasteiger partial charge is 0.465 e. The average Bonchev–Trinajstić information content (AvgIpc) is 2.38. The Bertz CT molecular complexity index is 644. The van der Waals surface area contributed by atoms with Gasteiger partial charge >= 0.3 is 12.2 Å². The van der Waals surface area contributed by atoms with Gasteiger partial charge in [-0.15, -0.1) is 0 Å². The molecule has 98 valence electrons. The van der Waals surface area contributed by atoms with Gasteiger partial charge in [-0.25, -0.2) is 19.6 Å². The SMILES string of the molecule is COC(=O)Nc1ncnc2ccc(NC(=O)O)cc12. The molecule has 0 aliphatic carbocycles. The molecule has 1 aromatic heterocycles. The second kappa shape index (κ2) is 5.17. The van der Waals surface area contributed by atoms with Crippen molar-refractivity contribution in [3.05, 3.63) is 24.5 Å². The first kappa shape index (κ1) is 12.6. The Kier molecular flexibility index (Phi) is 3.42. The van der Waals surface area contributed by atoms with E-state index < -0.39 is 12.2 Å². The molecule has 0 aliphatic rings. The standard InChI is InChI=1S/C11H10N4O4/c1-19-11(18)15-9-7-4-6(14-10(16)17)2-3-8(7)12-5-13-9/h2-5,14H,1H3,(H,16,17)(H,12,13,15,18). The summed E-state index contributed by atoms with van der Waals surface area (Å²) < 4.78 is 4.48. The summed E-state index contributed by atoms with van der Waals surface area (Å²) in [7, 11) is 1.23. The first-order valence-corrected chi connectivity index (χ1v) is 5.20. The second-order valence-electron chi connectivity index (χ2n) is 3.50. The van der Waals surface area contributed by atoms with E-state index in [1.807, 2.05) is 0 Å². The Balaban J connectivity index is 2.45. The van der Waals surface area contributed by atoms with Crippen LogP contribution < -0.4 is 10.6 Å². The number of aromatic nitrogens is 2. The fraction of sp³-hybridized carbons (Fsp3) is 0.0909. The number of carboxylic acid groups (broad SMARTS) is 1. The lowest BCUT2D eigenvalue weighted by Crippen LogP contribution is -2.13. The predicted octanol–water partition coefficient (Wildman–Crippen LogP) is 1.90. The predicted molar refractivity (Wildman–Crippen MR) is 67.2 cm³/mol. The van der Waals surface area contributed by atoms with E-state index in [4.69, 9.17) is 5.11 Å². The van der Waals surface area contributed by atoms with Crippen LogP contribution in [0.15, 0.2) is 24.5 Å². The molecular formula is C11H10N4O4. The van der Waals surface area contributed by atoms with Crippen LogP contribution >= 0.6 is 0 Å². The molecule has 2 rings (SSSR count). The lowest BCUT2D eigenvalue weighted by Gasteiger charge is -2.07. The average molecular weight is 262 g/mol. The molecule has 0 spiro atoms. The van der Waals surface area contributed by atoms with Crippen molar-refractivity contribution in [1.82, 2.24) is 9.97 Å². The van der Waals surface area contributed by atoms with E-state index in [0.717, 1.165) is 0 Å². The van der Waals surface area contributed by atoms with Crippen molar-refractivity contribution in [3.8, 4) is 0 Å². The van der Waals surface area contributed by atoms with Crippen LogP contribution in [0.3, 0.4) is 0 Å². The molecule has 3 N–H and O–H groups in total. The molecule has 1 heterocycles. The molecule has 1 aromatic carbocycles. The maximum atomic E-state index is 11.2. The van der Waals surface area contributed by atoms with Gasteiger partial charge < -0.3 is 9.84 Å². The Morgan fingerprint density at radius 3 is 2.74 bits per heavy atom. The number of hydrogen-bond donors (Lipinski definition) is 3. The van der Waals surface area contributed by atoms with Crippen LogP contribution in [0.25, 0.3) is 10.9 Å². The van der Waals surface area contributed by atoms with Crippen molar-refractivity contribution in [2.45, 2.75) is 0 Å². The maximum Gasteiger partial charge on any atom is 0.412 e. The third-order valence-corrected chi connectivity index (χ3v) is 2.29. The number of amides is 2. The van der Waals surface area contributed by atoms with Gasteiger partial charge in [0, 0.05) is 11.1 Å². The minimum absolute atomic E-state index is 0.242. The number of carbonyl (C=O) groups excluding carboxylic acids is 1. The Morgan fingerprint density at radius 2 is 2.05 bits per heavy atom. The van der Waals surface area contributed by atoms with Crippen molar-refractivity contribution < 1.29 is 19.4 Å². The molecule has 8 nitrogen and oxygen atoms in total. The molecule has 0 aliphatic heterocycles. The molecule has 2 aromatic rings. The molecule has 0 bridgehead atoms. The Labute approximate surface area is 107 Å². The summed E-state index contributed by atoms with van der Waals surface area (Å²) in [5.74, 6) is 0.242. The second-order valence-corrected chi connectivity index (χ2v) is 3.50. The summed E-state index contributed by atoms with van der Waals surface area (Å²) in [6, 6.07) is 4.70. The molecule has 0 saturated carbocycles. The Morgan fingerprint density at radius 1 is 1.26 bits per heavy atom. The zero-order valence-electron chi connectivity index (χ0n) is 9.88. The number of benzene rings is 1. The third-order valence-electron chi connectivity index (χ3n) is 2.29. The molecule has 19 heavy (non-hydrogen) atoms. The zero-order chi connectivity index (χ0) is 13.8. The van der Waals surface area contributed by atoms with Gasteiger partial charge in [-0.1, -0.05) is 0 Å². The highest BCUT2D eigenvalue weighted by molar-refractivity contribution is 5.98. The number of nitrogens with one attached hydrogen (secondary N) is 2. The lowest BCUT2D eigenvalue weighted by molar-refractivity contribution is 0.187. The van der Waals surface area contributed by atoms with Crippen molar-refractivity contribution in [1.29, 1.82) is 0 Å². The zero-order valence-corrected chi connectivity index (χ0v) is 9.88. The summed E-state index contributed by atoms with van der Waals surface area (Å²) in [6.45, 7) is 0. The number of hydrogen-bond acceptors (Lipinski definition) is 5. The van der Waals surface area contributed by atoms with E-state index >= 15 is 0 Å². The minimum Gasteiger partial charge on any atom is -0.465 e. The molecule has 0 atom stereocenters. The van der Waals surface area contributed by atoms with Gasteiger partial charge in [0.2, 0.25) is 0 Å². The fourth-order valence-electron chi connectivity index (χ4n) is 1.51. The van der Waals surface area contributed by atoms with Crippen molar-refractivity contribution in [2.24, 2.45) is 0 Å². The lowest BCUT2D eigenvalue weighted by atomic mass is 10.2. The summed E-state index contributed by atoms with van der Waals surface area (Å²) >= 11 is 0. The van der Waals surface area contributed by atoms with Gasteiger partial charge in [-0.3, -0.25) is 10.6 Å². The van der Waals surface area contributed by atoms with Crippen molar-refractivity contribution in [2.75, 3.05) is 17.7 Å². The number of fused-ring (bicyclic) bond motifs is 1. The first-order chi connectivity index (χ1) is 9.10. The van der Waals surface area contributed by atoms with E-state index in [9.17, 15) is 9.59 Å². The Hall–Kier alpha value is -2.90. The quantitative estimate of drug-likeness (QED) is 0.761. The van der Waals surface area contributed by atoms with Crippen LogP contribution in [-0.4, -0.2) is 34.4 Å². The number of nitrogens with zero attached hydrogens (tertiary/aromatic N) is 2. The number of ether oxygens (including phenoxy) is 1. The number of rotatable bonds is 2. The monoisotopic (exact) mass is 262 g/mol. The highest BCUT2D eigenvalue weighted by Crippen LogP contribution is 2.23. The van der Waals surface area contributed by atoms with Crippen LogP contribution in [0.2, 0.25) is 0 Å². The summed E-state index contributed by atoms with van der Waals surface area (Å²) in [6.07, 6.45) is -0.562. The molecule has 0 saturated heterocycles. The molecule has 8 heteroatoms. The van der Waals surface area contributed by atoms with Gasteiger partial charge in [0.25, 0.3) is 0 Å². The first-order valence-electron chi connectivity index (χ1n) is 5.20. The maximum absolute atomic E-state index is 11.2. The van der Waals surface area contributed by atoms with Gasteiger partial charge in [0.1, 0.15) is 12.1 Å². The molecule has 0 radical (unpaired) electrons. The van der Waals surface area contributed by atoms with Gasteiger partial charge in [-0.05, 0) is 18.2 Å². The van der Waals surface area contributed by atoms with E-state index in [-0.39, 0.29) is 5.82 Å². The normalized spacial score (nSPS) is 9.95. The molecule has 0 fully saturated rings. The van der Waals surface area contributed by atoms with Crippen LogP contribution in [-0.2, 0) is 4.74 Å². The smallest absolute Gasteiger partial charge is 0.412 e. The molecule has 0 unspecified atom stereocenters. The van der Waals surface area contributed by atoms with Gasteiger partial charge in [-0.2, -0.15) is 0 Å². The van der Waals surface area contributed by atoms with E-state index in [1.165, 1.54) is 19.5 Å². The number of methoxy groups -OCH3 is 1. The van der Waals surface area contributed by atoms with E-state index in [1.54, 1.807) is 12.1 Å². The van der Waals surface area contributed by atoms with Crippen LogP contribution in [0.4, 0.5) is 21.1 Å². The van der Waals surface area contributed by atoms with Crippen molar-refractivity contribution >= 4 is 34.6 Å². The third kappa shape index (κ3) is 2.86. The summed E-state index contributed by atoms with van der Waals surface area (Å²) in [5.41, 5.74) is 0.917. The van der Waals surface area contributed by atoms with E-state index in [2.05, 4.69) is 25.3 Å². The van der Waals surface area contributed by atoms with E-state index in [0.29, 0.717) is 16.6 Å². The van der Waals surface area contributed by atoms with Gasteiger partial charge in [0.15, 0.2) is 0 Å². The van der Waals surface area contributed by atoms with Crippen LogP contribution in [0.5, 0.6) is 0 Å². The highest BCUT2D eigenvalue weighted by Gasteiger charge is 2.09. The number of carbonyl (C=O) groups is 2. The fourth-order valence-corrected chi connectivity index (χ4v) is 1.51. The molecular weight excluding hydrogens is 252 g/mol. The van der Waals surface area contributed by atoms with Crippen molar-refractivity contribution in [3.63, 3.8) is 0 Å². The molecule has 2 amide bonds. The van der Waals surface area contributed by atoms with Crippen LogP contribution in [0.1, 0.15) is 0 Å². The topological polar surface area (TPSA) is 113 Å². The van der Waals surface area contributed by atoms with Gasteiger partial charge in [0.05, 0.1) is 12.6 Å². The number of anilines is 2. The minimum atomic E-state index is -1.18.